The Morgan fingerprint density at radius 3 is 2.10 bits per heavy atom. The number of ether oxygens (including phenoxy) is 1. The van der Waals surface area contributed by atoms with Gasteiger partial charge in [-0.1, -0.05) is 12.1 Å². The average Bonchev–Trinajstić information content (AvgIpc) is 2.70. The highest BCUT2D eigenvalue weighted by Crippen LogP contribution is 2.60. The summed E-state index contributed by atoms with van der Waals surface area (Å²) in [6.07, 6.45) is 7.31. The number of esters is 1. The third-order valence-corrected chi connectivity index (χ3v) is 7.27. The van der Waals surface area contributed by atoms with Crippen molar-refractivity contribution in [3.8, 4) is 6.07 Å². The van der Waals surface area contributed by atoms with Gasteiger partial charge in [-0.3, -0.25) is 4.79 Å². The number of Topliss-reactive ketones (excluding diaryl/α,β-unsaturated/α-hetero) is 1. The zero-order valence-corrected chi connectivity index (χ0v) is 18.1. The van der Waals surface area contributed by atoms with Gasteiger partial charge in [0.1, 0.15) is 11.6 Å². The van der Waals surface area contributed by atoms with Crippen LogP contribution in [-0.4, -0.2) is 32.0 Å². The molecule has 30 heavy (non-hydrogen) atoms. The topological polar surface area (TPSA) is 70.4 Å². The Balaban J connectivity index is 1.44. The molecule has 0 N–H and O–H groups in total. The Morgan fingerprint density at radius 2 is 1.63 bits per heavy atom. The summed E-state index contributed by atoms with van der Waals surface area (Å²) in [6.45, 7) is 1.67. The molecule has 0 saturated heterocycles. The highest BCUT2D eigenvalue weighted by Gasteiger charge is 2.55. The molecule has 4 bridgehead atoms. The Morgan fingerprint density at radius 1 is 1.10 bits per heavy atom. The summed E-state index contributed by atoms with van der Waals surface area (Å²) in [4.78, 5) is 27.9. The van der Waals surface area contributed by atoms with Crippen molar-refractivity contribution in [3.05, 3.63) is 35.4 Å². The average molecular weight is 407 g/mol. The third kappa shape index (κ3) is 3.88. The molecule has 4 aliphatic rings. The van der Waals surface area contributed by atoms with Crippen molar-refractivity contribution in [1.82, 2.24) is 0 Å². The molecule has 0 heterocycles. The van der Waals surface area contributed by atoms with Gasteiger partial charge in [-0.2, -0.15) is 5.26 Å². The number of nitrogens with zero attached hydrogens (tertiary/aromatic N) is 2. The molecule has 1 aromatic carbocycles. The standard InChI is InChI=1S/C25H30N2O3/c1-16(23(28)25-12-18-8-19(13-25)10-20(9-18)14-25)30-24(29)21(15-26)11-17-4-6-22(7-5-17)27(2)3/h4-7,11,16,18-20H,8-10,12-14H2,1-3H3/b21-11+/t16-,18?,19?,20?,25?/m1/s1. The lowest BCUT2D eigenvalue weighted by atomic mass is 9.48. The highest BCUT2D eigenvalue weighted by atomic mass is 16.5. The SMILES string of the molecule is C[C@@H](OC(=O)/C(C#N)=C/c1ccc(N(C)C)cc1)C(=O)C12CC3CC(CC(C3)C1)C2. The van der Waals surface area contributed by atoms with Gasteiger partial charge in [0.15, 0.2) is 11.9 Å². The van der Waals surface area contributed by atoms with E-state index in [2.05, 4.69) is 0 Å². The van der Waals surface area contributed by atoms with Gasteiger partial charge in [-0.05, 0) is 87.0 Å². The number of rotatable bonds is 6. The fourth-order valence-corrected chi connectivity index (χ4v) is 6.29. The van der Waals surface area contributed by atoms with Crippen molar-refractivity contribution in [2.45, 2.75) is 51.6 Å². The summed E-state index contributed by atoms with van der Waals surface area (Å²) in [5.41, 5.74) is 1.38. The smallest absolute Gasteiger partial charge is 0.349 e. The first kappa shape index (κ1) is 20.7. The molecule has 158 valence electrons. The molecule has 0 unspecified atom stereocenters. The first-order chi connectivity index (χ1) is 14.3. The highest BCUT2D eigenvalue weighted by molar-refractivity contribution is 6.00. The lowest BCUT2D eigenvalue weighted by molar-refractivity contribution is -0.162. The summed E-state index contributed by atoms with van der Waals surface area (Å²) in [5.74, 6) is 1.30. The maximum Gasteiger partial charge on any atom is 0.349 e. The van der Waals surface area contributed by atoms with E-state index in [1.165, 1.54) is 25.3 Å². The van der Waals surface area contributed by atoms with Crippen LogP contribution in [-0.2, 0) is 14.3 Å². The number of hydrogen-bond donors (Lipinski definition) is 0. The Kier molecular flexibility index (Phi) is 5.44. The molecule has 4 fully saturated rings. The monoisotopic (exact) mass is 406 g/mol. The summed E-state index contributed by atoms with van der Waals surface area (Å²) in [6, 6.07) is 9.48. The zero-order valence-electron chi connectivity index (χ0n) is 18.1. The molecule has 1 atom stereocenters. The predicted molar refractivity (Wildman–Crippen MR) is 116 cm³/mol. The van der Waals surface area contributed by atoms with Crippen LogP contribution in [0.4, 0.5) is 5.69 Å². The van der Waals surface area contributed by atoms with E-state index in [4.69, 9.17) is 4.74 Å². The van der Waals surface area contributed by atoms with E-state index in [-0.39, 0.29) is 16.8 Å². The van der Waals surface area contributed by atoms with E-state index < -0.39 is 12.1 Å². The molecule has 4 aliphatic carbocycles. The Labute approximate surface area is 178 Å². The fraction of sp³-hybridized carbons (Fsp3) is 0.560. The van der Waals surface area contributed by atoms with Crippen LogP contribution in [0.15, 0.2) is 29.8 Å². The lowest BCUT2D eigenvalue weighted by Crippen LogP contribution is -2.52. The van der Waals surface area contributed by atoms with Crippen molar-refractivity contribution in [2.75, 3.05) is 19.0 Å². The lowest BCUT2D eigenvalue weighted by Gasteiger charge is -2.56. The molecule has 1 aromatic rings. The molecule has 5 nitrogen and oxygen atoms in total. The minimum Gasteiger partial charge on any atom is -0.451 e. The summed E-state index contributed by atoms with van der Waals surface area (Å²) in [7, 11) is 3.90. The third-order valence-electron chi connectivity index (χ3n) is 7.27. The predicted octanol–water partition coefficient (Wildman–Crippen LogP) is 4.38. The van der Waals surface area contributed by atoms with Gasteiger partial charge in [0, 0.05) is 25.2 Å². The number of benzene rings is 1. The molecule has 0 spiro atoms. The number of ketones is 1. The summed E-state index contributed by atoms with van der Waals surface area (Å²) in [5, 5.41) is 9.47. The first-order valence-electron chi connectivity index (χ1n) is 10.9. The van der Waals surface area contributed by atoms with Crippen LogP contribution in [0, 0.1) is 34.5 Å². The fourth-order valence-electron chi connectivity index (χ4n) is 6.29. The Bertz CT molecular complexity index is 872. The second kappa shape index (κ2) is 7.91. The molecule has 5 rings (SSSR count). The summed E-state index contributed by atoms with van der Waals surface area (Å²) < 4.78 is 5.50. The van der Waals surface area contributed by atoms with Crippen LogP contribution in [0.3, 0.4) is 0 Å². The van der Waals surface area contributed by atoms with Crippen LogP contribution in [0.5, 0.6) is 0 Å². The van der Waals surface area contributed by atoms with E-state index >= 15 is 0 Å². The molecule has 0 radical (unpaired) electrons. The maximum atomic E-state index is 13.3. The van der Waals surface area contributed by atoms with Crippen molar-refractivity contribution >= 4 is 23.5 Å². The van der Waals surface area contributed by atoms with E-state index in [1.807, 2.05) is 49.3 Å². The minimum atomic E-state index is -0.818. The zero-order chi connectivity index (χ0) is 21.5. The minimum absolute atomic E-state index is 0.0579. The van der Waals surface area contributed by atoms with Gasteiger partial charge in [-0.25, -0.2) is 4.79 Å². The molecule has 4 saturated carbocycles. The van der Waals surface area contributed by atoms with Gasteiger partial charge in [0.25, 0.3) is 0 Å². The van der Waals surface area contributed by atoms with E-state index in [0.717, 1.165) is 30.5 Å². The normalized spacial score (nSPS) is 30.5. The van der Waals surface area contributed by atoms with Crippen molar-refractivity contribution in [3.63, 3.8) is 0 Å². The van der Waals surface area contributed by atoms with Gasteiger partial charge < -0.3 is 9.64 Å². The maximum absolute atomic E-state index is 13.3. The largest absolute Gasteiger partial charge is 0.451 e. The van der Waals surface area contributed by atoms with Crippen LogP contribution < -0.4 is 4.90 Å². The second-order valence-electron chi connectivity index (χ2n) is 9.77. The number of hydrogen-bond acceptors (Lipinski definition) is 5. The molecule has 0 aromatic heterocycles. The summed E-state index contributed by atoms with van der Waals surface area (Å²) >= 11 is 0. The molecule has 0 aliphatic heterocycles. The van der Waals surface area contributed by atoms with Gasteiger partial charge in [0.05, 0.1) is 0 Å². The van der Waals surface area contributed by atoms with Crippen LogP contribution in [0.25, 0.3) is 6.08 Å². The van der Waals surface area contributed by atoms with Crippen molar-refractivity contribution in [1.29, 1.82) is 5.26 Å². The number of carbonyl (C=O) groups excluding carboxylic acids is 2. The van der Waals surface area contributed by atoms with Gasteiger partial charge in [0.2, 0.25) is 0 Å². The van der Waals surface area contributed by atoms with Crippen LogP contribution in [0.1, 0.15) is 51.0 Å². The van der Waals surface area contributed by atoms with E-state index in [0.29, 0.717) is 17.8 Å². The second-order valence-corrected chi connectivity index (χ2v) is 9.77. The first-order valence-corrected chi connectivity index (χ1v) is 10.9. The van der Waals surface area contributed by atoms with Crippen LogP contribution in [0.2, 0.25) is 0 Å². The van der Waals surface area contributed by atoms with E-state index in [9.17, 15) is 14.9 Å². The number of carbonyl (C=O) groups is 2. The molecular weight excluding hydrogens is 376 g/mol. The van der Waals surface area contributed by atoms with Gasteiger partial charge in [-0.15, -0.1) is 0 Å². The van der Waals surface area contributed by atoms with Crippen molar-refractivity contribution in [2.24, 2.45) is 23.2 Å². The van der Waals surface area contributed by atoms with Crippen molar-refractivity contribution < 1.29 is 14.3 Å². The molecule has 0 amide bonds. The molecular formula is C25H30N2O3. The number of nitriles is 1. The number of anilines is 1. The Hall–Kier alpha value is -2.61. The quantitative estimate of drug-likeness (QED) is 0.398. The van der Waals surface area contributed by atoms with Crippen LogP contribution >= 0.6 is 0 Å². The van der Waals surface area contributed by atoms with Gasteiger partial charge >= 0.3 is 5.97 Å². The molecule has 5 heteroatoms. The van der Waals surface area contributed by atoms with E-state index in [1.54, 1.807) is 6.92 Å².